The summed E-state index contributed by atoms with van der Waals surface area (Å²) in [7, 11) is 0. The number of carboxylic acids is 1. The van der Waals surface area contributed by atoms with Crippen LogP contribution >= 0.6 is 46.1 Å². The van der Waals surface area contributed by atoms with Gasteiger partial charge in [0.05, 0.1) is 37.1 Å². The van der Waals surface area contributed by atoms with Crippen LogP contribution in [0, 0.1) is 0 Å². The average molecular weight is 545 g/mol. The second kappa shape index (κ2) is 11.0. The van der Waals surface area contributed by atoms with Gasteiger partial charge in [0.1, 0.15) is 18.0 Å². The summed E-state index contributed by atoms with van der Waals surface area (Å²) in [6, 6.07) is 9.71. The molecule has 2 aromatic carbocycles. The fourth-order valence-corrected chi connectivity index (χ4v) is 4.40. The third-order valence-electron chi connectivity index (χ3n) is 4.31. The van der Waals surface area contributed by atoms with Gasteiger partial charge in [-0.1, -0.05) is 34.8 Å². The van der Waals surface area contributed by atoms with Crippen molar-refractivity contribution in [3.05, 3.63) is 67.3 Å². The Hall–Kier alpha value is -2.98. The van der Waals surface area contributed by atoms with Crippen LogP contribution in [0.2, 0.25) is 14.4 Å². The number of hydrogen-bond donors (Lipinski definition) is 2. The van der Waals surface area contributed by atoms with Gasteiger partial charge in [-0.15, -0.1) is 11.3 Å². The van der Waals surface area contributed by atoms with Crippen LogP contribution in [-0.2, 0) is 9.53 Å². The van der Waals surface area contributed by atoms with Crippen LogP contribution < -0.4 is 9.64 Å². The number of hydrogen-bond acceptors (Lipinski definition) is 7. The molecule has 178 valence electrons. The quantitative estimate of drug-likeness (QED) is 0.312. The number of thiophene rings is 1. The van der Waals surface area contributed by atoms with E-state index < -0.39 is 24.4 Å². The van der Waals surface area contributed by atoms with Gasteiger partial charge in [0.2, 0.25) is 5.78 Å². The molecule has 0 bridgehead atoms. The Kier molecular flexibility index (Phi) is 8.27. The van der Waals surface area contributed by atoms with Gasteiger partial charge in [-0.3, -0.25) is 14.5 Å². The number of ether oxygens (including phenoxy) is 2. The molecule has 3 rings (SSSR count). The Morgan fingerprint density at radius 3 is 2.26 bits per heavy atom. The van der Waals surface area contributed by atoms with Crippen LogP contribution in [0.4, 0.5) is 10.5 Å². The van der Waals surface area contributed by atoms with Crippen LogP contribution in [0.5, 0.6) is 17.2 Å². The summed E-state index contributed by atoms with van der Waals surface area (Å²) in [5, 5.41) is 19.2. The highest BCUT2D eigenvalue weighted by atomic mass is 35.5. The molecule has 0 unspecified atom stereocenters. The summed E-state index contributed by atoms with van der Waals surface area (Å²) in [6.45, 7) is 0.941. The van der Waals surface area contributed by atoms with Crippen molar-refractivity contribution in [1.82, 2.24) is 0 Å². The van der Waals surface area contributed by atoms with Crippen LogP contribution in [0.1, 0.15) is 22.2 Å². The molecule has 0 spiro atoms. The average Bonchev–Trinajstić information content (AvgIpc) is 3.21. The maximum absolute atomic E-state index is 12.7. The number of halogens is 3. The first kappa shape index (κ1) is 25.6. The Morgan fingerprint density at radius 1 is 1.03 bits per heavy atom. The highest BCUT2D eigenvalue weighted by molar-refractivity contribution is 7.18. The molecular formula is C22H16Cl3NO7S. The van der Waals surface area contributed by atoms with E-state index in [4.69, 9.17) is 49.4 Å². The van der Waals surface area contributed by atoms with Gasteiger partial charge in [0, 0.05) is 0 Å². The summed E-state index contributed by atoms with van der Waals surface area (Å²) < 4.78 is 11.1. The Morgan fingerprint density at radius 2 is 1.71 bits per heavy atom. The van der Waals surface area contributed by atoms with Gasteiger partial charge in [0.25, 0.3) is 0 Å². The van der Waals surface area contributed by atoms with Crippen LogP contribution in [0.3, 0.4) is 0 Å². The van der Waals surface area contributed by atoms with Crippen molar-refractivity contribution in [2.24, 2.45) is 0 Å². The molecule has 0 fully saturated rings. The molecule has 0 atom stereocenters. The van der Waals surface area contributed by atoms with E-state index in [1.165, 1.54) is 30.3 Å². The Balaban J connectivity index is 1.92. The molecule has 0 saturated carbocycles. The zero-order valence-electron chi connectivity index (χ0n) is 17.4. The summed E-state index contributed by atoms with van der Waals surface area (Å²) in [5.74, 6) is -1.84. The molecule has 34 heavy (non-hydrogen) atoms. The number of ketones is 1. The SMILES string of the molecule is CCOC(=O)N(CC(=O)O)c1cc(Cl)c(Oc2ccc(O)c(C(=O)c3ccc(Cl)s3)c2)c(Cl)c1. The normalized spacial score (nSPS) is 10.6. The topological polar surface area (TPSA) is 113 Å². The number of benzene rings is 2. The van der Waals surface area contributed by atoms with E-state index in [2.05, 4.69) is 0 Å². The first-order valence-electron chi connectivity index (χ1n) is 9.56. The lowest BCUT2D eigenvalue weighted by molar-refractivity contribution is -0.135. The minimum absolute atomic E-state index is 0.00512. The lowest BCUT2D eigenvalue weighted by Gasteiger charge is -2.21. The van der Waals surface area contributed by atoms with E-state index in [9.17, 15) is 19.5 Å². The lowest BCUT2D eigenvalue weighted by atomic mass is 10.1. The fourth-order valence-electron chi connectivity index (χ4n) is 2.85. The number of carboxylic acid groups (broad SMARTS) is 1. The van der Waals surface area contributed by atoms with Crippen molar-refractivity contribution in [3.8, 4) is 17.2 Å². The van der Waals surface area contributed by atoms with Crippen molar-refractivity contribution in [3.63, 3.8) is 0 Å². The molecule has 8 nitrogen and oxygen atoms in total. The first-order valence-corrected chi connectivity index (χ1v) is 11.5. The smallest absolute Gasteiger partial charge is 0.414 e. The van der Waals surface area contributed by atoms with E-state index in [0.29, 0.717) is 9.21 Å². The predicted molar refractivity (Wildman–Crippen MR) is 129 cm³/mol. The Labute approximate surface area is 212 Å². The van der Waals surface area contributed by atoms with E-state index in [0.717, 1.165) is 16.2 Å². The number of phenolic OH excluding ortho intramolecular Hbond substituents is 1. The van der Waals surface area contributed by atoms with Gasteiger partial charge in [-0.2, -0.15) is 0 Å². The van der Waals surface area contributed by atoms with Gasteiger partial charge >= 0.3 is 12.1 Å². The third kappa shape index (κ3) is 5.92. The van der Waals surface area contributed by atoms with E-state index in [1.807, 2.05) is 0 Å². The largest absolute Gasteiger partial charge is 0.507 e. The van der Waals surface area contributed by atoms with E-state index in [-0.39, 0.29) is 45.2 Å². The van der Waals surface area contributed by atoms with E-state index in [1.54, 1.807) is 19.1 Å². The third-order valence-corrected chi connectivity index (χ3v) is 6.10. The molecule has 3 aromatic rings. The molecule has 2 N–H and O–H groups in total. The summed E-state index contributed by atoms with van der Waals surface area (Å²) >= 11 is 19.6. The summed E-state index contributed by atoms with van der Waals surface area (Å²) in [6.07, 6.45) is -0.888. The highest BCUT2D eigenvalue weighted by Gasteiger charge is 2.23. The number of amides is 1. The molecule has 1 heterocycles. The van der Waals surface area contributed by atoms with Crippen molar-refractivity contribution in [2.75, 3.05) is 18.1 Å². The minimum Gasteiger partial charge on any atom is -0.507 e. The molecule has 0 aliphatic heterocycles. The van der Waals surface area contributed by atoms with Gasteiger partial charge in [0.15, 0.2) is 5.75 Å². The van der Waals surface area contributed by atoms with Crippen LogP contribution in [-0.4, -0.2) is 41.2 Å². The Bertz CT molecular complexity index is 1240. The summed E-state index contributed by atoms with van der Waals surface area (Å²) in [5.41, 5.74) is 0.0640. The number of carbonyl (C=O) groups is 3. The maximum Gasteiger partial charge on any atom is 0.414 e. The number of carbonyl (C=O) groups excluding carboxylic acids is 2. The van der Waals surface area contributed by atoms with Gasteiger partial charge < -0.3 is 19.7 Å². The molecule has 0 aliphatic rings. The van der Waals surface area contributed by atoms with Crippen molar-refractivity contribution in [1.29, 1.82) is 0 Å². The molecule has 0 saturated heterocycles. The lowest BCUT2D eigenvalue weighted by Crippen LogP contribution is -2.36. The molecule has 1 amide bonds. The van der Waals surface area contributed by atoms with Gasteiger partial charge in [-0.25, -0.2) is 4.79 Å². The van der Waals surface area contributed by atoms with Crippen molar-refractivity contribution >= 4 is 69.7 Å². The van der Waals surface area contributed by atoms with Crippen molar-refractivity contribution < 1.29 is 34.1 Å². The highest BCUT2D eigenvalue weighted by Crippen LogP contribution is 2.41. The predicted octanol–water partition coefficient (Wildman–Crippen LogP) is 6.48. The second-order valence-corrected chi connectivity index (χ2v) is 9.16. The molecule has 0 aliphatic carbocycles. The number of aromatic hydroxyl groups is 1. The van der Waals surface area contributed by atoms with Crippen LogP contribution in [0.15, 0.2) is 42.5 Å². The number of nitrogens with zero attached hydrogens (tertiary/aromatic N) is 1. The number of rotatable bonds is 8. The first-order chi connectivity index (χ1) is 16.1. The second-order valence-electron chi connectivity index (χ2n) is 6.63. The molecule has 1 aromatic heterocycles. The monoisotopic (exact) mass is 543 g/mol. The number of anilines is 1. The van der Waals surface area contributed by atoms with Crippen molar-refractivity contribution in [2.45, 2.75) is 6.92 Å². The zero-order chi connectivity index (χ0) is 25.0. The molecular weight excluding hydrogens is 529 g/mol. The standard InChI is InChI=1S/C22H16Cl3NO7S/c1-2-32-22(31)26(10-19(28)29)11-7-14(23)21(15(24)8-11)33-12-3-4-16(27)13(9-12)20(30)17-5-6-18(25)34-17/h3-9,27H,2,10H2,1H3,(H,28,29). The molecule has 0 radical (unpaired) electrons. The fraction of sp³-hybridized carbons (Fsp3) is 0.136. The number of phenols is 1. The maximum atomic E-state index is 12.7. The number of aliphatic carboxylic acids is 1. The van der Waals surface area contributed by atoms with E-state index >= 15 is 0 Å². The molecule has 12 heteroatoms. The summed E-state index contributed by atoms with van der Waals surface area (Å²) in [4.78, 5) is 37.3. The minimum atomic E-state index is -1.27. The zero-order valence-corrected chi connectivity index (χ0v) is 20.5. The van der Waals surface area contributed by atoms with Gasteiger partial charge in [-0.05, 0) is 49.4 Å². The van der Waals surface area contributed by atoms with Crippen LogP contribution in [0.25, 0.3) is 0 Å².